The monoisotopic (exact) mass is 1190 g/mol. The predicted molar refractivity (Wildman–Crippen MR) is 329 cm³/mol. The highest BCUT2D eigenvalue weighted by molar-refractivity contribution is 6.30. The van der Waals surface area contributed by atoms with Gasteiger partial charge < -0.3 is 59.0 Å². The highest BCUT2D eigenvalue weighted by atomic mass is 35.5. The summed E-state index contributed by atoms with van der Waals surface area (Å²) in [7, 11) is 3.68. The topological polar surface area (TPSA) is 205 Å². The second-order valence-corrected chi connectivity index (χ2v) is 21.5. The van der Waals surface area contributed by atoms with Crippen LogP contribution in [0.1, 0.15) is 58.7 Å². The van der Waals surface area contributed by atoms with Gasteiger partial charge in [0, 0.05) is 85.5 Å². The lowest BCUT2D eigenvalue weighted by Crippen LogP contribution is -2.47. The van der Waals surface area contributed by atoms with Crippen LogP contribution in [0.3, 0.4) is 0 Å². The van der Waals surface area contributed by atoms with E-state index in [4.69, 9.17) is 77.9 Å². The molecule has 2 aliphatic rings. The number of carbonyl (C=O) groups excluding carboxylic acids is 2. The Labute approximate surface area is 503 Å². The molecule has 1 aromatic heterocycles. The number of aldehydes is 1. The van der Waals surface area contributed by atoms with E-state index in [0.717, 1.165) is 108 Å². The molecule has 450 valence electrons. The number of amides is 1. The van der Waals surface area contributed by atoms with Crippen LogP contribution in [0.4, 0.5) is 5.82 Å². The van der Waals surface area contributed by atoms with Crippen molar-refractivity contribution in [2.45, 2.75) is 38.9 Å². The number of likely N-dealkylation sites (N-methyl/N-ethyl adjacent to an activating group) is 1. The van der Waals surface area contributed by atoms with E-state index in [0.29, 0.717) is 121 Å². The number of hydrogen-bond donors (Lipinski definition) is 3. The molecule has 0 unspecified atom stereocenters. The fourth-order valence-corrected chi connectivity index (χ4v) is 10.3. The lowest BCUT2D eigenvalue weighted by atomic mass is 9.96. The maximum atomic E-state index is 12.6. The molecule has 19 nitrogen and oxygen atoms in total. The van der Waals surface area contributed by atoms with E-state index in [2.05, 4.69) is 63.5 Å². The van der Waals surface area contributed by atoms with Crippen LogP contribution in [0.2, 0.25) is 10.0 Å². The number of piperazine rings is 1. The first-order valence-corrected chi connectivity index (χ1v) is 29.5. The average Bonchev–Trinajstić information content (AvgIpc) is 3.81. The lowest BCUT2D eigenvalue weighted by Gasteiger charge is -2.39. The average molecular weight is 1190 g/mol. The van der Waals surface area contributed by atoms with E-state index in [1.807, 2.05) is 61.5 Å². The number of anilines is 1. The molecule has 0 saturated carbocycles. The van der Waals surface area contributed by atoms with Crippen molar-refractivity contribution in [3.63, 3.8) is 0 Å². The van der Waals surface area contributed by atoms with Gasteiger partial charge in [-0.1, -0.05) is 66.5 Å². The highest BCUT2D eigenvalue weighted by Crippen LogP contribution is 2.37. The molecule has 0 spiro atoms. The standard InChI is InChI=1S/C63H80Cl2N10O9/c1-4-60(77)74-25-29-83-62-50(41-74)36-48(37-51(62)44-76)49-38-55(78-3)40-56(39-49)84-45-54(66)42-75(67)26-28-80-31-33-82-35-34-81-32-30-79-27-24-71(2)19-7-18-68-63-57-8-5-6-9-58(57)69-59(70-63)43-72-20-22-73(23-21-72)61(46-10-14-52(64)15-11-46)47-12-16-53(65)17-13-47/h5-6,8-17,36-40,42,44,61H,4,7,18-35,41,43,45,66-67H2,1-3H3,(H,68,69,70)/b54-42-. The molecule has 6 aromatic rings. The number of fused-ring (bicyclic) bond motifs is 2. The van der Waals surface area contributed by atoms with Gasteiger partial charge in [-0.2, -0.15) is 0 Å². The minimum atomic E-state index is 0.0185. The van der Waals surface area contributed by atoms with Gasteiger partial charge in [0.1, 0.15) is 42.1 Å². The van der Waals surface area contributed by atoms with Crippen molar-refractivity contribution in [3.8, 4) is 28.4 Å². The molecule has 5 aromatic carbocycles. The van der Waals surface area contributed by atoms with Crippen LogP contribution >= 0.6 is 23.2 Å². The summed E-state index contributed by atoms with van der Waals surface area (Å²) in [5.74, 6) is 9.43. The minimum absolute atomic E-state index is 0.0185. The third-order valence-corrected chi connectivity index (χ3v) is 15.0. The summed E-state index contributed by atoms with van der Waals surface area (Å²) in [5.41, 5.74) is 12.7. The Hall–Kier alpha value is -6.62. The zero-order chi connectivity index (χ0) is 59.0. The summed E-state index contributed by atoms with van der Waals surface area (Å²) in [6.45, 7) is 13.8. The summed E-state index contributed by atoms with van der Waals surface area (Å²) in [6.07, 6.45) is 3.69. The number of carbonyl (C=O) groups is 2. The molecule has 84 heavy (non-hydrogen) atoms. The van der Waals surface area contributed by atoms with Crippen molar-refractivity contribution in [1.82, 2.24) is 34.6 Å². The Bertz CT molecular complexity index is 3020. The molecule has 3 heterocycles. The number of methoxy groups -OCH3 is 1. The fourth-order valence-electron chi connectivity index (χ4n) is 10.1. The molecule has 0 aliphatic carbocycles. The van der Waals surface area contributed by atoms with Crippen LogP contribution in [-0.4, -0.2) is 186 Å². The Morgan fingerprint density at radius 2 is 1.40 bits per heavy atom. The number of rotatable bonds is 33. The molecule has 0 bridgehead atoms. The van der Waals surface area contributed by atoms with Crippen LogP contribution in [0.15, 0.2) is 115 Å². The van der Waals surface area contributed by atoms with Crippen LogP contribution in [-0.2, 0) is 36.8 Å². The number of nitrogens with two attached hydrogens (primary N) is 2. The SMILES string of the molecule is CCC(=O)N1CCOc2c(C=O)cc(-c3cc(OC)cc(OC/C(N)=C/N(N)CCOCCOCCOCCOCCN(C)CCCNc4nc(CN5CCN(C(c6ccc(Cl)cc6)c6ccc(Cl)cc6)CC5)nc5ccccc45)c3)cc2C1. The lowest BCUT2D eigenvalue weighted by molar-refractivity contribution is -0.131. The molecule has 1 fully saturated rings. The van der Waals surface area contributed by atoms with Crippen molar-refractivity contribution in [2.75, 3.05) is 144 Å². The predicted octanol–water partition coefficient (Wildman–Crippen LogP) is 8.32. The number of hydrazine groups is 1. The van der Waals surface area contributed by atoms with Gasteiger partial charge in [-0.15, -0.1) is 0 Å². The number of aromatic nitrogens is 2. The molecule has 2 aliphatic heterocycles. The van der Waals surface area contributed by atoms with E-state index in [9.17, 15) is 9.59 Å². The summed E-state index contributed by atoms with van der Waals surface area (Å²) >= 11 is 12.5. The summed E-state index contributed by atoms with van der Waals surface area (Å²) in [5, 5.41) is 7.54. The van der Waals surface area contributed by atoms with E-state index in [1.165, 1.54) is 16.1 Å². The van der Waals surface area contributed by atoms with Gasteiger partial charge in [0.2, 0.25) is 5.91 Å². The molecule has 21 heteroatoms. The van der Waals surface area contributed by atoms with Gasteiger partial charge in [0.05, 0.1) is 102 Å². The van der Waals surface area contributed by atoms with Crippen molar-refractivity contribution >= 4 is 52.1 Å². The third kappa shape index (κ3) is 19.2. The zero-order valence-corrected chi connectivity index (χ0v) is 50.0. The van der Waals surface area contributed by atoms with Crippen LogP contribution in [0, 0.1) is 0 Å². The molecule has 0 atom stereocenters. The number of nitrogens with one attached hydrogen (secondary N) is 1. The maximum Gasteiger partial charge on any atom is 0.222 e. The summed E-state index contributed by atoms with van der Waals surface area (Å²) in [4.78, 5) is 43.7. The fraction of sp³-hybridized carbons (Fsp3) is 0.429. The van der Waals surface area contributed by atoms with Crippen LogP contribution in [0.5, 0.6) is 17.2 Å². The number of para-hydroxylation sites is 1. The summed E-state index contributed by atoms with van der Waals surface area (Å²) in [6, 6.07) is 33.8. The number of nitrogens with zero attached hydrogens (tertiary/aromatic N) is 7. The number of hydrogen-bond acceptors (Lipinski definition) is 18. The van der Waals surface area contributed by atoms with Gasteiger partial charge in [0.25, 0.3) is 0 Å². The number of benzene rings is 5. The molecule has 1 amide bonds. The largest absolute Gasteiger partial charge is 0.497 e. The Morgan fingerprint density at radius 3 is 2.06 bits per heavy atom. The smallest absolute Gasteiger partial charge is 0.222 e. The minimum Gasteiger partial charge on any atom is -0.497 e. The molecule has 0 radical (unpaired) electrons. The van der Waals surface area contributed by atoms with Crippen LogP contribution < -0.4 is 31.1 Å². The van der Waals surface area contributed by atoms with E-state index in [-0.39, 0.29) is 18.6 Å². The first kappa shape index (κ1) is 63.4. The van der Waals surface area contributed by atoms with Crippen LogP contribution in [0.25, 0.3) is 22.0 Å². The van der Waals surface area contributed by atoms with E-state index in [1.54, 1.807) is 30.3 Å². The zero-order valence-electron chi connectivity index (χ0n) is 48.5. The second kappa shape index (κ2) is 33.2. The Kier molecular flexibility index (Phi) is 25.0. The molecule has 1 saturated heterocycles. The third-order valence-electron chi connectivity index (χ3n) is 14.5. The van der Waals surface area contributed by atoms with Gasteiger partial charge in [0.15, 0.2) is 6.29 Å². The Balaban J connectivity index is 0.646. The Morgan fingerprint density at radius 1 is 0.774 bits per heavy atom. The quantitative estimate of drug-likeness (QED) is 0.0153. The highest BCUT2D eigenvalue weighted by Gasteiger charge is 2.28. The number of ether oxygens (including phenoxy) is 7. The van der Waals surface area contributed by atoms with Gasteiger partial charge in [-0.25, -0.2) is 15.8 Å². The normalized spacial score (nSPS) is 14.1. The van der Waals surface area contributed by atoms with Gasteiger partial charge in [-0.3, -0.25) is 19.4 Å². The second-order valence-electron chi connectivity index (χ2n) is 20.7. The number of halogens is 2. The molecule has 8 rings (SSSR count). The molecular formula is C63H80Cl2N10O9. The van der Waals surface area contributed by atoms with Crippen molar-refractivity contribution in [3.05, 3.63) is 153 Å². The van der Waals surface area contributed by atoms with Gasteiger partial charge >= 0.3 is 0 Å². The first-order valence-electron chi connectivity index (χ1n) is 28.8. The molecule has 5 N–H and O–H groups in total. The van der Waals surface area contributed by atoms with Crippen molar-refractivity contribution in [1.29, 1.82) is 0 Å². The van der Waals surface area contributed by atoms with Gasteiger partial charge in [-0.05, 0) is 103 Å². The molecular weight excluding hydrogens is 1110 g/mol. The van der Waals surface area contributed by atoms with E-state index >= 15 is 0 Å². The maximum absolute atomic E-state index is 12.6. The van der Waals surface area contributed by atoms with Crippen molar-refractivity contribution < 1.29 is 42.7 Å². The first-order chi connectivity index (χ1) is 41.0. The summed E-state index contributed by atoms with van der Waals surface area (Å²) < 4.78 is 40.5. The van der Waals surface area contributed by atoms with Crippen molar-refractivity contribution in [2.24, 2.45) is 11.6 Å². The van der Waals surface area contributed by atoms with E-state index < -0.39 is 0 Å².